The Hall–Kier alpha value is -1.99. The van der Waals surface area contributed by atoms with Gasteiger partial charge in [0.25, 0.3) is 0 Å². The van der Waals surface area contributed by atoms with Crippen molar-refractivity contribution in [3.8, 4) is 0 Å². The van der Waals surface area contributed by atoms with Gasteiger partial charge in [-0.1, -0.05) is 6.07 Å². The number of nitrogens with zero attached hydrogens (tertiary/aromatic N) is 4. The maximum Gasteiger partial charge on any atom is 0.237 e. The summed E-state index contributed by atoms with van der Waals surface area (Å²) in [6, 6.07) is 6.01. The van der Waals surface area contributed by atoms with E-state index in [0.717, 1.165) is 41.7 Å². The predicted octanol–water partition coefficient (Wildman–Crippen LogP) is 3.12. The van der Waals surface area contributed by atoms with Gasteiger partial charge in [0.05, 0.1) is 24.0 Å². The van der Waals surface area contributed by atoms with Gasteiger partial charge in [-0.15, -0.1) is 11.3 Å². The van der Waals surface area contributed by atoms with E-state index in [4.69, 9.17) is 4.98 Å². The van der Waals surface area contributed by atoms with Crippen molar-refractivity contribution in [2.24, 2.45) is 0 Å². The van der Waals surface area contributed by atoms with Crippen LogP contribution in [0.4, 0.5) is 10.9 Å². The number of nitrogens with one attached hydrogen (secondary N) is 1. The van der Waals surface area contributed by atoms with Gasteiger partial charge >= 0.3 is 0 Å². The third-order valence-corrected chi connectivity index (χ3v) is 5.39. The molecule has 1 aliphatic rings. The summed E-state index contributed by atoms with van der Waals surface area (Å²) in [5, 5.41) is 4.14. The number of rotatable bonds is 5. The van der Waals surface area contributed by atoms with Crippen LogP contribution in [0.2, 0.25) is 0 Å². The fourth-order valence-corrected chi connectivity index (χ4v) is 3.90. The quantitative estimate of drug-likeness (QED) is 0.889. The first-order chi connectivity index (χ1) is 11.9. The molecule has 7 heteroatoms. The van der Waals surface area contributed by atoms with Crippen LogP contribution in [0, 0.1) is 13.8 Å². The summed E-state index contributed by atoms with van der Waals surface area (Å²) in [4.78, 5) is 26.8. The molecule has 1 unspecified atom stereocenters. The molecule has 0 saturated carbocycles. The lowest BCUT2D eigenvalue weighted by atomic mass is 10.1. The fraction of sp³-hybridized carbons (Fsp3) is 0.500. The zero-order chi connectivity index (χ0) is 18.0. The van der Waals surface area contributed by atoms with E-state index in [1.165, 1.54) is 4.88 Å². The third kappa shape index (κ3) is 4.16. The van der Waals surface area contributed by atoms with Crippen molar-refractivity contribution in [1.29, 1.82) is 0 Å². The highest BCUT2D eigenvalue weighted by atomic mass is 32.1. The molecule has 3 rings (SSSR count). The number of anilines is 2. The Morgan fingerprint density at radius 3 is 2.84 bits per heavy atom. The van der Waals surface area contributed by atoms with E-state index in [-0.39, 0.29) is 11.9 Å². The molecule has 1 aliphatic heterocycles. The average Bonchev–Trinajstić information content (AvgIpc) is 3.14. The molecule has 134 valence electrons. The zero-order valence-corrected chi connectivity index (χ0v) is 16.1. The van der Waals surface area contributed by atoms with Gasteiger partial charge in [0, 0.05) is 11.4 Å². The van der Waals surface area contributed by atoms with Crippen LogP contribution in [0.25, 0.3) is 0 Å². The van der Waals surface area contributed by atoms with Crippen molar-refractivity contribution in [3.63, 3.8) is 0 Å². The second kappa shape index (κ2) is 7.49. The minimum absolute atomic E-state index is 0.0639. The molecule has 2 aromatic rings. The molecule has 2 aromatic heterocycles. The van der Waals surface area contributed by atoms with Crippen molar-refractivity contribution >= 4 is 28.2 Å². The second-order valence-corrected chi connectivity index (χ2v) is 7.92. The number of likely N-dealkylation sites (tertiary alicyclic amines) is 1. The van der Waals surface area contributed by atoms with Gasteiger partial charge in [0.15, 0.2) is 5.13 Å². The van der Waals surface area contributed by atoms with Crippen molar-refractivity contribution in [3.05, 3.63) is 34.5 Å². The molecule has 1 atom stereocenters. The van der Waals surface area contributed by atoms with Crippen LogP contribution in [-0.2, 0) is 4.79 Å². The number of carbonyl (C=O) groups is 1. The number of pyridine rings is 1. The molecule has 0 bridgehead atoms. The molecule has 0 aromatic carbocycles. The molecule has 25 heavy (non-hydrogen) atoms. The third-order valence-electron chi connectivity index (χ3n) is 4.40. The summed E-state index contributed by atoms with van der Waals surface area (Å²) in [5.74, 6) is 0.942. The van der Waals surface area contributed by atoms with E-state index in [0.29, 0.717) is 6.54 Å². The summed E-state index contributed by atoms with van der Waals surface area (Å²) < 4.78 is 0. The molecule has 3 heterocycles. The summed E-state index contributed by atoms with van der Waals surface area (Å²) in [6.45, 7) is 5.32. The first kappa shape index (κ1) is 17.8. The highest BCUT2D eigenvalue weighted by molar-refractivity contribution is 7.15. The monoisotopic (exact) mass is 359 g/mol. The van der Waals surface area contributed by atoms with E-state index >= 15 is 0 Å². The summed E-state index contributed by atoms with van der Waals surface area (Å²) >= 11 is 1.63. The molecule has 1 N–H and O–H groups in total. The normalized spacial score (nSPS) is 17.3. The van der Waals surface area contributed by atoms with Gasteiger partial charge in [-0.2, -0.15) is 0 Å². The Bertz CT molecular complexity index is 738. The maximum atomic E-state index is 12.5. The number of hydrogen-bond acceptors (Lipinski definition) is 6. The fourth-order valence-electron chi connectivity index (χ4n) is 3.08. The summed E-state index contributed by atoms with van der Waals surface area (Å²) in [5.41, 5.74) is 1.99. The number of aromatic nitrogens is 2. The van der Waals surface area contributed by atoms with Crippen LogP contribution in [0.3, 0.4) is 0 Å². The molecule has 0 radical (unpaired) electrons. The first-order valence-corrected chi connectivity index (χ1v) is 9.38. The Kier molecular flexibility index (Phi) is 5.34. The van der Waals surface area contributed by atoms with Crippen LogP contribution in [0.15, 0.2) is 18.2 Å². The first-order valence-electron chi connectivity index (χ1n) is 8.56. The van der Waals surface area contributed by atoms with Gasteiger partial charge in [-0.05, 0) is 52.9 Å². The van der Waals surface area contributed by atoms with E-state index in [9.17, 15) is 4.79 Å². The van der Waals surface area contributed by atoms with Crippen LogP contribution < -0.4 is 5.32 Å². The van der Waals surface area contributed by atoms with E-state index < -0.39 is 0 Å². The van der Waals surface area contributed by atoms with Crippen molar-refractivity contribution in [1.82, 2.24) is 19.8 Å². The van der Waals surface area contributed by atoms with Crippen LogP contribution in [-0.4, -0.2) is 52.9 Å². The highest BCUT2D eigenvalue weighted by Gasteiger charge is 2.31. The van der Waals surface area contributed by atoms with Crippen LogP contribution >= 0.6 is 11.3 Å². The SMILES string of the molecule is Cc1nc(Nc2cccc(C3CCCN3C(=O)CN(C)C)n2)sc1C. The molecular formula is C18H25N5OS. The minimum Gasteiger partial charge on any atom is -0.333 e. The molecule has 6 nitrogen and oxygen atoms in total. The van der Waals surface area contributed by atoms with Crippen LogP contribution in [0.1, 0.15) is 35.1 Å². The number of amides is 1. The number of aryl methyl sites for hydroxylation is 2. The van der Waals surface area contributed by atoms with Crippen molar-refractivity contribution < 1.29 is 4.79 Å². The predicted molar refractivity (Wildman–Crippen MR) is 101 cm³/mol. The van der Waals surface area contributed by atoms with Gasteiger partial charge in [-0.25, -0.2) is 9.97 Å². The highest BCUT2D eigenvalue weighted by Crippen LogP contribution is 2.32. The Balaban J connectivity index is 1.77. The molecule has 1 fully saturated rings. The Morgan fingerprint density at radius 1 is 1.36 bits per heavy atom. The number of likely N-dealkylation sites (N-methyl/N-ethyl adjacent to an activating group) is 1. The lowest BCUT2D eigenvalue weighted by molar-refractivity contribution is -0.132. The zero-order valence-electron chi connectivity index (χ0n) is 15.2. The second-order valence-electron chi connectivity index (χ2n) is 6.72. The summed E-state index contributed by atoms with van der Waals surface area (Å²) in [7, 11) is 3.84. The average molecular weight is 359 g/mol. The van der Waals surface area contributed by atoms with E-state index in [1.807, 2.05) is 49.0 Å². The van der Waals surface area contributed by atoms with E-state index in [1.54, 1.807) is 11.3 Å². The molecule has 1 amide bonds. The van der Waals surface area contributed by atoms with Gasteiger partial charge < -0.3 is 15.1 Å². The lowest BCUT2D eigenvalue weighted by Crippen LogP contribution is -2.37. The number of thiazole rings is 1. The largest absolute Gasteiger partial charge is 0.333 e. The van der Waals surface area contributed by atoms with Crippen molar-refractivity contribution in [2.45, 2.75) is 32.7 Å². The van der Waals surface area contributed by atoms with Crippen molar-refractivity contribution in [2.75, 3.05) is 32.5 Å². The molecular weight excluding hydrogens is 334 g/mol. The van der Waals surface area contributed by atoms with E-state index in [2.05, 4.69) is 17.2 Å². The van der Waals surface area contributed by atoms with Gasteiger partial charge in [-0.3, -0.25) is 4.79 Å². The summed E-state index contributed by atoms with van der Waals surface area (Å²) in [6.07, 6.45) is 1.99. The Labute approximate surface area is 152 Å². The number of carbonyl (C=O) groups excluding carboxylic acids is 1. The molecule has 1 saturated heterocycles. The number of hydrogen-bond donors (Lipinski definition) is 1. The van der Waals surface area contributed by atoms with Gasteiger partial charge in [0.2, 0.25) is 5.91 Å². The van der Waals surface area contributed by atoms with Crippen LogP contribution in [0.5, 0.6) is 0 Å². The Morgan fingerprint density at radius 2 is 2.16 bits per heavy atom. The minimum atomic E-state index is 0.0639. The maximum absolute atomic E-state index is 12.5. The lowest BCUT2D eigenvalue weighted by Gasteiger charge is -2.26. The smallest absolute Gasteiger partial charge is 0.237 e. The standard InChI is InChI=1S/C18H25N5OS/c1-12-13(2)25-18(19-12)21-16-9-5-7-14(20-16)15-8-6-10-23(15)17(24)11-22(3)4/h5,7,9,15H,6,8,10-11H2,1-4H3,(H,19,20,21). The molecule has 0 aliphatic carbocycles. The molecule has 0 spiro atoms. The van der Waals surface area contributed by atoms with Gasteiger partial charge in [0.1, 0.15) is 5.82 Å². The topological polar surface area (TPSA) is 61.4 Å².